The van der Waals surface area contributed by atoms with Crippen molar-refractivity contribution in [3.8, 4) is 5.75 Å². The maximum atomic E-state index is 13.0. The number of fused-ring (bicyclic) bond motifs is 3. The van der Waals surface area contributed by atoms with E-state index < -0.39 is 0 Å². The lowest BCUT2D eigenvalue weighted by Gasteiger charge is -2.09. The Bertz CT molecular complexity index is 1050. The summed E-state index contributed by atoms with van der Waals surface area (Å²) in [5.41, 5.74) is 2.16. The summed E-state index contributed by atoms with van der Waals surface area (Å²) < 4.78 is 5.16. The fraction of sp³-hybridized carbons (Fsp3) is 0.0476. The van der Waals surface area contributed by atoms with Gasteiger partial charge in [-0.15, -0.1) is 0 Å². The Morgan fingerprint density at radius 1 is 0.875 bits per heavy atom. The molecule has 3 nitrogen and oxygen atoms in total. The number of ketones is 1. The first-order chi connectivity index (χ1) is 11.8. The van der Waals surface area contributed by atoms with Gasteiger partial charge in [0.05, 0.1) is 12.6 Å². The molecule has 1 heterocycles. The van der Waals surface area contributed by atoms with Gasteiger partial charge in [-0.05, 0) is 35.7 Å². The van der Waals surface area contributed by atoms with Gasteiger partial charge >= 0.3 is 0 Å². The molecule has 0 aliphatic rings. The van der Waals surface area contributed by atoms with Gasteiger partial charge in [0.25, 0.3) is 0 Å². The normalized spacial score (nSPS) is 10.9. The minimum Gasteiger partial charge on any atom is -0.497 e. The predicted octanol–water partition coefficient (Wildman–Crippen LogP) is 4.63. The monoisotopic (exact) mass is 313 g/mol. The average Bonchev–Trinajstić information content (AvgIpc) is 2.67. The number of methoxy groups -OCH3 is 1. The fourth-order valence-electron chi connectivity index (χ4n) is 3.00. The number of ether oxygens (including phenoxy) is 1. The number of hydrogen-bond acceptors (Lipinski definition) is 3. The molecule has 4 aromatic rings. The van der Waals surface area contributed by atoms with Crippen LogP contribution in [0.1, 0.15) is 15.9 Å². The number of benzene rings is 3. The Hall–Kier alpha value is -3.20. The molecule has 0 aliphatic carbocycles. The third-order valence-corrected chi connectivity index (χ3v) is 4.21. The molecule has 116 valence electrons. The maximum Gasteiger partial charge on any atom is 0.193 e. The highest BCUT2D eigenvalue weighted by Gasteiger charge is 2.15. The van der Waals surface area contributed by atoms with Gasteiger partial charge in [-0.2, -0.15) is 0 Å². The van der Waals surface area contributed by atoms with Crippen LogP contribution in [-0.4, -0.2) is 17.9 Å². The van der Waals surface area contributed by atoms with E-state index in [4.69, 9.17) is 4.74 Å². The van der Waals surface area contributed by atoms with Crippen LogP contribution >= 0.6 is 0 Å². The van der Waals surface area contributed by atoms with E-state index in [1.54, 1.807) is 37.6 Å². The van der Waals surface area contributed by atoms with Crippen LogP contribution in [-0.2, 0) is 0 Å². The van der Waals surface area contributed by atoms with Crippen LogP contribution in [0.25, 0.3) is 21.7 Å². The summed E-state index contributed by atoms with van der Waals surface area (Å²) >= 11 is 0. The van der Waals surface area contributed by atoms with E-state index in [2.05, 4.69) is 4.98 Å². The zero-order valence-corrected chi connectivity index (χ0v) is 13.2. The van der Waals surface area contributed by atoms with Gasteiger partial charge < -0.3 is 4.74 Å². The highest BCUT2D eigenvalue weighted by molar-refractivity contribution is 6.21. The molecule has 24 heavy (non-hydrogen) atoms. The summed E-state index contributed by atoms with van der Waals surface area (Å²) in [6.45, 7) is 0. The molecule has 4 rings (SSSR count). The summed E-state index contributed by atoms with van der Waals surface area (Å²) in [4.78, 5) is 17.5. The molecule has 0 saturated heterocycles. The first-order valence-electron chi connectivity index (χ1n) is 7.73. The predicted molar refractivity (Wildman–Crippen MR) is 95.7 cm³/mol. The van der Waals surface area contributed by atoms with Crippen molar-refractivity contribution in [2.45, 2.75) is 0 Å². The molecular formula is C21H15NO2. The van der Waals surface area contributed by atoms with Crippen LogP contribution in [0, 0.1) is 0 Å². The largest absolute Gasteiger partial charge is 0.497 e. The number of carbonyl (C=O) groups is 1. The average molecular weight is 313 g/mol. The molecule has 0 spiro atoms. The van der Waals surface area contributed by atoms with Crippen LogP contribution in [0.4, 0.5) is 0 Å². The lowest BCUT2D eigenvalue weighted by molar-refractivity contribution is 0.104. The SMILES string of the molecule is COc1ccc(C(=O)c2cccc3ccc4cccnc4c23)cc1. The first kappa shape index (κ1) is 14.4. The van der Waals surface area contributed by atoms with Crippen LogP contribution in [0.5, 0.6) is 5.75 Å². The molecule has 3 heteroatoms. The van der Waals surface area contributed by atoms with Crippen molar-refractivity contribution in [1.29, 1.82) is 0 Å². The van der Waals surface area contributed by atoms with E-state index in [0.29, 0.717) is 11.1 Å². The number of nitrogens with zero attached hydrogens (tertiary/aromatic N) is 1. The van der Waals surface area contributed by atoms with E-state index in [9.17, 15) is 4.79 Å². The Balaban J connectivity index is 1.95. The Morgan fingerprint density at radius 3 is 2.42 bits per heavy atom. The summed E-state index contributed by atoms with van der Waals surface area (Å²) in [5.74, 6) is 0.720. The van der Waals surface area contributed by atoms with Crippen molar-refractivity contribution < 1.29 is 9.53 Å². The third-order valence-electron chi connectivity index (χ3n) is 4.21. The van der Waals surface area contributed by atoms with Gasteiger partial charge in [0.1, 0.15) is 5.75 Å². The third kappa shape index (κ3) is 2.31. The van der Waals surface area contributed by atoms with Crippen molar-refractivity contribution in [1.82, 2.24) is 4.98 Å². The number of carbonyl (C=O) groups excluding carboxylic acids is 1. The molecular weight excluding hydrogens is 298 g/mol. The minimum atomic E-state index is -0.0126. The highest BCUT2D eigenvalue weighted by Crippen LogP contribution is 2.28. The van der Waals surface area contributed by atoms with E-state index in [1.165, 1.54) is 0 Å². The zero-order chi connectivity index (χ0) is 16.5. The highest BCUT2D eigenvalue weighted by atomic mass is 16.5. The van der Waals surface area contributed by atoms with E-state index in [1.807, 2.05) is 42.5 Å². The summed E-state index contributed by atoms with van der Waals surface area (Å²) in [6, 6.07) is 20.9. The van der Waals surface area contributed by atoms with Crippen molar-refractivity contribution in [3.05, 3.63) is 84.1 Å². The lowest BCUT2D eigenvalue weighted by Crippen LogP contribution is -2.02. The summed E-state index contributed by atoms with van der Waals surface area (Å²) in [7, 11) is 1.61. The van der Waals surface area contributed by atoms with Gasteiger partial charge in [-0.25, -0.2) is 0 Å². The molecule has 0 N–H and O–H groups in total. The quantitative estimate of drug-likeness (QED) is 0.409. The second-order valence-corrected chi connectivity index (χ2v) is 5.60. The molecule has 0 radical (unpaired) electrons. The maximum absolute atomic E-state index is 13.0. The topological polar surface area (TPSA) is 39.2 Å². The Labute approximate surface area is 139 Å². The zero-order valence-electron chi connectivity index (χ0n) is 13.2. The Morgan fingerprint density at radius 2 is 1.62 bits per heavy atom. The molecule has 0 amide bonds. The smallest absolute Gasteiger partial charge is 0.193 e. The second-order valence-electron chi connectivity index (χ2n) is 5.60. The van der Waals surface area contributed by atoms with E-state index in [-0.39, 0.29) is 5.78 Å². The van der Waals surface area contributed by atoms with Gasteiger partial charge in [-0.3, -0.25) is 9.78 Å². The second kappa shape index (κ2) is 5.78. The molecule has 0 atom stereocenters. The van der Waals surface area contributed by atoms with Gasteiger partial charge in [0, 0.05) is 28.1 Å². The fourth-order valence-corrected chi connectivity index (χ4v) is 3.00. The number of pyridine rings is 1. The lowest BCUT2D eigenvalue weighted by atomic mass is 9.95. The van der Waals surface area contributed by atoms with Crippen LogP contribution in [0.2, 0.25) is 0 Å². The van der Waals surface area contributed by atoms with Crippen molar-refractivity contribution >= 4 is 27.5 Å². The molecule has 0 bridgehead atoms. The van der Waals surface area contributed by atoms with Crippen LogP contribution in [0.3, 0.4) is 0 Å². The molecule has 0 fully saturated rings. The Kier molecular flexibility index (Phi) is 3.47. The van der Waals surface area contributed by atoms with E-state index in [0.717, 1.165) is 27.4 Å². The summed E-state index contributed by atoms with van der Waals surface area (Å²) in [5, 5.41) is 2.94. The first-order valence-corrected chi connectivity index (χ1v) is 7.73. The van der Waals surface area contributed by atoms with Crippen molar-refractivity contribution in [2.24, 2.45) is 0 Å². The van der Waals surface area contributed by atoms with Gasteiger partial charge in [0.15, 0.2) is 5.78 Å². The number of hydrogen-bond donors (Lipinski definition) is 0. The number of rotatable bonds is 3. The summed E-state index contributed by atoms with van der Waals surface area (Å²) in [6.07, 6.45) is 1.76. The molecule has 1 aromatic heterocycles. The van der Waals surface area contributed by atoms with Gasteiger partial charge in [-0.1, -0.05) is 36.4 Å². The molecule has 0 unspecified atom stereocenters. The van der Waals surface area contributed by atoms with E-state index >= 15 is 0 Å². The molecule has 3 aromatic carbocycles. The minimum absolute atomic E-state index is 0.0126. The van der Waals surface area contributed by atoms with Crippen molar-refractivity contribution in [3.63, 3.8) is 0 Å². The van der Waals surface area contributed by atoms with Gasteiger partial charge in [0.2, 0.25) is 0 Å². The van der Waals surface area contributed by atoms with Crippen molar-refractivity contribution in [2.75, 3.05) is 7.11 Å². The van der Waals surface area contributed by atoms with Crippen LogP contribution in [0.15, 0.2) is 72.9 Å². The molecule has 0 saturated carbocycles. The standard InChI is InChI=1S/C21H15NO2/c1-24-17-11-9-16(10-12-17)21(23)18-6-2-4-14-7-8-15-5-3-13-22-20(15)19(14)18/h2-13H,1H3. The van der Waals surface area contributed by atoms with Crippen LogP contribution < -0.4 is 4.74 Å². The number of aromatic nitrogens is 1. The molecule has 0 aliphatic heterocycles.